The molecule has 6 heteroatoms. The summed E-state index contributed by atoms with van der Waals surface area (Å²) in [6.07, 6.45) is 4.28. The Balaban J connectivity index is 1.55. The predicted octanol–water partition coefficient (Wildman–Crippen LogP) is 5.94. The Hall–Kier alpha value is -2.60. The molecule has 2 aromatic heterocycles. The molecule has 2 aliphatic rings. The number of aromatic nitrogens is 1. The van der Waals surface area contributed by atoms with Crippen molar-refractivity contribution < 1.29 is 9.59 Å². The zero-order valence-electron chi connectivity index (χ0n) is 19.9. The third kappa shape index (κ3) is 3.78. The van der Waals surface area contributed by atoms with Crippen LogP contribution in [0.15, 0.2) is 41.8 Å². The molecule has 1 fully saturated rings. The van der Waals surface area contributed by atoms with E-state index in [2.05, 4.69) is 38.2 Å². The topological polar surface area (TPSA) is 54.3 Å². The quantitative estimate of drug-likeness (QED) is 0.521. The minimum absolute atomic E-state index is 0.0638. The second-order valence-corrected chi connectivity index (χ2v) is 11.3. The summed E-state index contributed by atoms with van der Waals surface area (Å²) in [6.45, 7) is 8.95. The molecular weight excluding hydrogens is 430 g/mol. The number of thiophene rings is 1. The maximum atomic E-state index is 13.9. The van der Waals surface area contributed by atoms with Crippen molar-refractivity contribution >= 4 is 39.1 Å². The van der Waals surface area contributed by atoms with Gasteiger partial charge >= 0.3 is 0 Å². The highest BCUT2D eigenvalue weighted by Crippen LogP contribution is 2.38. The molecule has 0 saturated heterocycles. The lowest BCUT2D eigenvalue weighted by molar-refractivity contribution is -0.127. The minimum atomic E-state index is -1.01. The van der Waals surface area contributed by atoms with E-state index >= 15 is 0 Å². The summed E-state index contributed by atoms with van der Waals surface area (Å²) in [5, 5.41) is 5.36. The van der Waals surface area contributed by atoms with Crippen LogP contribution in [0.5, 0.6) is 0 Å². The van der Waals surface area contributed by atoms with Crippen LogP contribution in [-0.2, 0) is 11.3 Å². The van der Waals surface area contributed by atoms with Gasteiger partial charge in [-0.05, 0) is 79.7 Å². The van der Waals surface area contributed by atoms with Gasteiger partial charge in [-0.25, -0.2) is 0 Å². The lowest BCUT2D eigenvalue weighted by Crippen LogP contribution is -2.65. The average molecular weight is 464 g/mol. The second kappa shape index (κ2) is 8.32. The standard InChI is InChI=1S/C27H33N3O2S/c1-17(2)19-7-11-21(12-8-19)30-25(31)23-15-24-22(13-14-33-24)29(23)16-27(30,4)26(32)28-20-9-5-18(3)6-10-20/h7-8,11-15,17-18,20H,5-6,9-10,16H2,1-4H3,(H,28,32). The highest BCUT2D eigenvalue weighted by Gasteiger charge is 2.49. The Morgan fingerprint density at radius 1 is 1.12 bits per heavy atom. The number of carbonyl (C=O) groups is 2. The first-order chi connectivity index (χ1) is 15.8. The van der Waals surface area contributed by atoms with Gasteiger partial charge in [-0.1, -0.05) is 32.9 Å². The van der Waals surface area contributed by atoms with Gasteiger partial charge in [-0.2, -0.15) is 0 Å². The monoisotopic (exact) mass is 463 g/mol. The van der Waals surface area contributed by atoms with Crippen LogP contribution in [0.3, 0.4) is 0 Å². The molecule has 1 saturated carbocycles. The van der Waals surface area contributed by atoms with Gasteiger partial charge in [0.05, 0.1) is 16.8 Å². The molecule has 1 aliphatic carbocycles. The number of nitrogens with zero attached hydrogens (tertiary/aromatic N) is 2. The van der Waals surface area contributed by atoms with Crippen LogP contribution in [-0.4, -0.2) is 28.0 Å². The molecule has 174 valence electrons. The Labute approximate surface area is 199 Å². The van der Waals surface area contributed by atoms with Crippen molar-refractivity contribution in [1.82, 2.24) is 9.88 Å². The number of nitrogens with one attached hydrogen (secondary N) is 1. The molecule has 0 radical (unpaired) electrons. The summed E-state index contributed by atoms with van der Waals surface area (Å²) in [7, 11) is 0. The average Bonchev–Trinajstić information content (AvgIpc) is 3.38. The fourth-order valence-electron chi connectivity index (χ4n) is 5.37. The highest BCUT2D eigenvalue weighted by molar-refractivity contribution is 7.17. The van der Waals surface area contributed by atoms with Crippen molar-refractivity contribution in [2.75, 3.05) is 4.90 Å². The first kappa shape index (κ1) is 22.2. The Morgan fingerprint density at radius 3 is 2.48 bits per heavy atom. The van der Waals surface area contributed by atoms with Gasteiger partial charge in [0.2, 0.25) is 5.91 Å². The van der Waals surface area contributed by atoms with E-state index in [0.29, 0.717) is 18.2 Å². The Bertz CT molecular complexity index is 1180. The number of rotatable bonds is 4. The van der Waals surface area contributed by atoms with Gasteiger partial charge in [0.15, 0.2) is 0 Å². The van der Waals surface area contributed by atoms with Crippen LogP contribution < -0.4 is 10.2 Å². The Morgan fingerprint density at radius 2 is 1.82 bits per heavy atom. The number of hydrogen-bond acceptors (Lipinski definition) is 3. The SMILES string of the molecule is CC1CCC(NC(=O)C2(C)Cn3c(cc4sccc43)C(=O)N2c2ccc(C(C)C)cc2)CC1. The van der Waals surface area contributed by atoms with Crippen LogP contribution in [0.1, 0.15) is 75.3 Å². The molecule has 33 heavy (non-hydrogen) atoms. The lowest BCUT2D eigenvalue weighted by atomic mass is 9.86. The van der Waals surface area contributed by atoms with Gasteiger partial charge in [0.1, 0.15) is 11.2 Å². The summed E-state index contributed by atoms with van der Waals surface area (Å²) < 4.78 is 3.12. The predicted molar refractivity (Wildman–Crippen MR) is 135 cm³/mol. The van der Waals surface area contributed by atoms with Crippen molar-refractivity contribution in [1.29, 1.82) is 0 Å². The smallest absolute Gasteiger partial charge is 0.275 e. The van der Waals surface area contributed by atoms with Gasteiger partial charge in [0.25, 0.3) is 5.91 Å². The van der Waals surface area contributed by atoms with Crippen LogP contribution in [0.25, 0.3) is 10.2 Å². The van der Waals surface area contributed by atoms with Gasteiger partial charge in [-0.15, -0.1) is 11.3 Å². The van der Waals surface area contributed by atoms with E-state index in [4.69, 9.17) is 0 Å². The molecule has 1 aliphatic heterocycles. The summed E-state index contributed by atoms with van der Waals surface area (Å²) in [5.41, 5.74) is 2.66. The van der Waals surface area contributed by atoms with Gasteiger partial charge < -0.3 is 9.88 Å². The fourth-order valence-corrected chi connectivity index (χ4v) is 6.19. The first-order valence-electron chi connectivity index (χ1n) is 12.1. The molecule has 3 heterocycles. The lowest BCUT2D eigenvalue weighted by Gasteiger charge is -2.45. The number of anilines is 1. The molecule has 1 unspecified atom stereocenters. The third-order valence-corrected chi connectivity index (χ3v) is 8.42. The van der Waals surface area contributed by atoms with Crippen LogP contribution in [0, 0.1) is 5.92 Å². The third-order valence-electron chi connectivity index (χ3n) is 7.56. The van der Waals surface area contributed by atoms with E-state index in [1.54, 1.807) is 16.2 Å². The summed E-state index contributed by atoms with van der Waals surface area (Å²) in [6, 6.07) is 12.3. The van der Waals surface area contributed by atoms with Crippen molar-refractivity contribution in [2.24, 2.45) is 5.92 Å². The van der Waals surface area contributed by atoms with E-state index < -0.39 is 5.54 Å². The summed E-state index contributed by atoms with van der Waals surface area (Å²) in [5.74, 6) is 0.946. The number of fused-ring (bicyclic) bond motifs is 3. The van der Waals surface area contributed by atoms with Crippen LogP contribution in [0.2, 0.25) is 0 Å². The molecule has 2 amide bonds. The van der Waals surface area contributed by atoms with E-state index in [9.17, 15) is 9.59 Å². The van der Waals surface area contributed by atoms with E-state index in [1.807, 2.05) is 41.1 Å². The van der Waals surface area contributed by atoms with Crippen LogP contribution in [0.4, 0.5) is 5.69 Å². The normalized spacial score (nSPS) is 25.5. The van der Waals surface area contributed by atoms with Gasteiger partial charge in [0, 0.05) is 11.7 Å². The number of carbonyl (C=O) groups excluding carboxylic acids is 2. The fraction of sp³-hybridized carbons (Fsp3) is 0.481. The van der Waals surface area contributed by atoms with Gasteiger partial charge in [-0.3, -0.25) is 14.5 Å². The number of benzene rings is 1. The molecule has 1 N–H and O–H groups in total. The van der Waals surface area contributed by atoms with Crippen molar-refractivity contribution in [3.05, 3.63) is 53.0 Å². The van der Waals surface area contributed by atoms with Crippen LogP contribution >= 0.6 is 11.3 Å². The molecule has 5 rings (SSSR count). The van der Waals surface area contributed by atoms with Crippen molar-refractivity contribution in [3.8, 4) is 0 Å². The summed E-state index contributed by atoms with van der Waals surface area (Å²) in [4.78, 5) is 29.5. The second-order valence-electron chi connectivity index (χ2n) is 10.4. The highest BCUT2D eigenvalue weighted by atomic mass is 32.1. The molecule has 1 aromatic carbocycles. The number of amides is 2. The molecule has 0 bridgehead atoms. The molecule has 5 nitrogen and oxygen atoms in total. The molecule has 1 atom stereocenters. The largest absolute Gasteiger partial charge is 0.351 e. The van der Waals surface area contributed by atoms with Crippen molar-refractivity contribution in [3.63, 3.8) is 0 Å². The first-order valence-corrected chi connectivity index (χ1v) is 13.0. The summed E-state index contributed by atoms with van der Waals surface area (Å²) >= 11 is 1.63. The van der Waals surface area contributed by atoms with E-state index in [1.165, 1.54) is 5.56 Å². The zero-order chi connectivity index (χ0) is 23.3. The maximum Gasteiger partial charge on any atom is 0.275 e. The molecule has 3 aromatic rings. The van der Waals surface area contributed by atoms with E-state index in [0.717, 1.165) is 47.5 Å². The van der Waals surface area contributed by atoms with Crippen molar-refractivity contribution in [2.45, 2.75) is 77.4 Å². The number of hydrogen-bond donors (Lipinski definition) is 1. The van der Waals surface area contributed by atoms with E-state index in [-0.39, 0.29) is 17.9 Å². The minimum Gasteiger partial charge on any atom is -0.351 e. The molecule has 0 spiro atoms. The zero-order valence-corrected chi connectivity index (χ0v) is 20.7. The Kier molecular flexibility index (Phi) is 5.60. The molecular formula is C27H33N3O2S. The maximum absolute atomic E-state index is 13.9.